The fourth-order valence-electron chi connectivity index (χ4n) is 3.57. The summed E-state index contributed by atoms with van der Waals surface area (Å²) in [5.41, 5.74) is 4.09. The number of amides is 3. The fourth-order valence-corrected chi connectivity index (χ4v) is 3.75. The topological polar surface area (TPSA) is 79.3 Å². The van der Waals surface area contributed by atoms with Gasteiger partial charge in [-0.1, -0.05) is 63.6 Å². The van der Waals surface area contributed by atoms with Crippen LogP contribution in [-0.4, -0.2) is 39.7 Å². The number of benzene rings is 2. The molecule has 2 N–H and O–H groups in total. The van der Waals surface area contributed by atoms with Crippen molar-refractivity contribution in [3.05, 3.63) is 70.4 Å². The molecule has 3 aromatic rings. The van der Waals surface area contributed by atoms with Gasteiger partial charge in [-0.3, -0.25) is 4.79 Å². The fraction of sp³-hybridized carbons (Fsp3) is 0.370. The monoisotopic (exact) mass is 495 g/mol. The number of carbonyl (C=O) groups is 2. The first-order chi connectivity index (χ1) is 16.5. The van der Waals surface area contributed by atoms with E-state index >= 15 is 0 Å². The van der Waals surface area contributed by atoms with Gasteiger partial charge >= 0.3 is 6.03 Å². The van der Waals surface area contributed by atoms with Gasteiger partial charge in [0.05, 0.1) is 11.4 Å². The summed E-state index contributed by atoms with van der Waals surface area (Å²) in [4.78, 5) is 27.5. The van der Waals surface area contributed by atoms with Crippen molar-refractivity contribution in [1.82, 2.24) is 14.7 Å². The summed E-state index contributed by atoms with van der Waals surface area (Å²) in [6, 6.07) is 14.7. The zero-order valence-corrected chi connectivity index (χ0v) is 22.0. The summed E-state index contributed by atoms with van der Waals surface area (Å²) in [7, 11) is 0. The number of aromatic nitrogens is 2. The molecular weight excluding hydrogens is 462 g/mol. The second-order valence-electron chi connectivity index (χ2n) is 9.73. The molecule has 0 aliphatic rings. The van der Waals surface area contributed by atoms with E-state index in [1.165, 1.54) is 4.90 Å². The van der Waals surface area contributed by atoms with E-state index in [1.807, 2.05) is 57.2 Å². The number of hydrogen-bond acceptors (Lipinski definition) is 3. The lowest BCUT2D eigenvalue weighted by Crippen LogP contribution is -2.41. The number of rotatable bonds is 7. The second kappa shape index (κ2) is 11.0. The van der Waals surface area contributed by atoms with Crippen LogP contribution in [0.2, 0.25) is 5.02 Å². The molecule has 0 radical (unpaired) electrons. The van der Waals surface area contributed by atoms with Gasteiger partial charge in [-0.15, -0.1) is 0 Å². The van der Waals surface area contributed by atoms with E-state index in [9.17, 15) is 9.59 Å². The Bertz CT molecular complexity index is 1210. The van der Waals surface area contributed by atoms with E-state index in [1.54, 1.807) is 16.8 Å². The molecule has 8 heteroatoms. The van der Waals surface area contributed by atoms with Crippen molar-refractivity contribution in [1.29, 1.82) is 0 Å². The summed E-state index contributed by atoms with van der Waals surface area (Å²) in [6.07, 6.45) is 0.713. The molecular formula is C27H34ClN5O2. The standard InChI is InChI=1S/C27H34ClN5O2/c1-7-14-32(26(35)29-20-13-12-18(2)21(28)15-20)17-25(34)30-24-16-23(27(4,5)6)31-33(24)22-11-9-8-10-19(22)3/h8-13,15-16H,7,14,17H2,1-6H3,(H,29,35)(H,30,34). The zero-order valence-electron chi connectivity index (χ0n) is 21.3. The molecule has 7 nitrogen and oxygen atoms in total. The molecule has 0 aliphatic carbocycles. The average molecular weight is 496 g/mol. The Kier molecular flexibility index (Phi) is 8.22. The molecule has 0 saturated heterocycles. The second-order valence-corrected chi connectivity index (χ2v) is 10.1. The highest BCUT2D eigenvalue weighted by atomic mass is 35.5. The highest BCUT2D eigenvalue weighted by molar-refractivity contribution is 6.31. The van der Waals surface area contributed by atoms with Gasteiger partial charge in [0.2, 0.25) is 5.91 Å². The van der Waals surface area contributed by atoms with Crippen molar-refractivity contribution in [2.24, 2.45) is 0 Å². The maximum Gasteiger partial charge on any atom is 0.322 e. The minimum Gasteiger partial charge on any atom is -0.315 e. The molecule has 0 saturated carbocycles. The van der Waals surface area contributed by atoms with Crippen LogP contribution < -0.4 is 10.6 Å². The molecule has 2 aromatic carbocycles. The lowest BCUT2D eigenvalue weighted by Gasteiger charge is -2.22. The van der Waals surface area contributed by atoms with Crippen LogP contribution in [0.3, 0.4) is 0 Å². The minimum absolute atomic E-state index is 0.0942. The maximum atomic E-state index is 13.1. The number of hydrogen-bond donors (Lipinski definition) is 2. The van der Waals surface area contributed by atoms with Crippen molar-refractivity contribution in [2.45, 2.75) is 53.4 Å². The van der Waals surface area contributed by atoms with Gasteiger partial charge < -0.3 is 15.5 Å². The number of carbonyl (C=O) groups excluding carboxylic acids is 2. The first kappa shape index (κ1) is 26.3. The molecule has 3 amide bonds. The quantitative estimate of drug-likeness (QED) is 0.402. The van der Waals surface area contributed by atoms with Gasteiger partial charge in [0.1, 0.15) is 12.4 Å². The summed E-state index contributed by atoms with van der Waals surface area (Å²) in [5, 5.41) is 11.2. The number of para-hydroxylation sites is 1. The Labute approximate surface area is 212 Å². The van der Waals surface area contributed by atoms with E-state index < -0.39 is 0 Å². The highest BCUT2D eigenvalue weighted by Crippen LogP contribution is 2.27. The van der Waals surface area contributed by atoms with Crippen LogP contribution in [0.4, 0.5) is 16.3 Å². The van der Waals surface area contributed by atoms with Gasteiger partial charge in [0, 0.05) is 28.7 Å². The summed E-state index contributed by atoms with van der Waals surface area (Å²) in [5.74, 6) is 0.266. The maximum absolute atomic E-state index is 13.1. The summed E-state index contributed by atoms with van der Waals surface area (Å²) in [6.45, 7) is 12.4. The van der Waals surface area contributed by atoms with E-state index in [0.717, 1.165) is 22.5 Å². The third-order valence-electron chi connectivity index (χ3n) is 5.63. The molecule has 0 fully saturated rings. The average Bonchev–Trinajstić information content (AvgIpc) is 3.20. The van der Waals surface area contributed by atoms with Gasteiger partial charge in [-0.25, -0.2) is 9.48 Å². The van der Waals surface area contributed by atoms with Crippen LogP contribution in [0.25, 0.3) is 5.69 Å². The predicted molar refractivity (Wildman–Crippen MR) is 143 cm³/mol. The van der Waals surface area contributed by atoms with Crippen molar-refractivity contribution in [3.63, 3.8) is 0 Å². The van der Waals surface area contributed by atoms with Crippen LogP contribution in [-0.2, 0) is 10.2 Å². The number of halogens is 1. The Morgan fingerprint density at radius 1 is 1.03 bits per heavy atom. The number of anilines is 2. The zero-order chi connectivity index (χ0) is 25.8. The SMILES string of the molecule is CCCN(CC(=O)Nc1cc(C(C)(C)C)nn1-c1ccccc1C)C(=O)Nc1ccc(C)c(Cl)c1. The Hall–Kier alpha value is -3.32. The van der Waals surface area contributed by atoms with Crippen LogP contribution in [0, 0.1) is 13.8 Å². The minimum atomic E-state index is -0.357. The Morgan fingerprint density at radius 2 is 1.74 bits per heavy atom. The van der Waals surface area contributed by atoms with Gasteiger partial charge in [-0.05, 0) is 49.6 Å². The number of aryl methyl sites for hydroxylation is 2. The molecule has 35 heavy (non-hydrogen) atoms. The van der Waals surface area contributed by atoms with Crippen LogP contribution in [0.15, 0.2) is 48.5 Å². The third kappa shape index (κ3) is 6.63. The van der Waals surface area contributed by atoms with Crippen molar-refractivity contribution in [3.8, 4) is 5.69 Å². The normalized spacial score (nSPS) is 11.3. The van der Waals surface area contributed by atoms with Crippen LogP contribution in [0.5, 0.6) is 0 Å². The van der Waals surface area contributed by atoms with Gasteiger partial charge in [0.15, 0.2) is 0 Å². The Morgan fingerprint density at radius 3 is 2.37 bits per heavy atom. The molecule has 1 heterocycles. The van der Waals surface area contributed by atoms with Crippen molar-refractivity contribution in [2.75, 3.05) is 23.7 Å². The largest absolute Gasteiger partial charge is 0.322 e. The third-order valence-corrected chi connectivity index (χ3v) is 6.03. The van der Waals surface area contributed by atoms with E-state index in [0.29, 0.717) is 29.5 Å². The van der Waals surface area contributed by atoms with Gasteiger partial charge in [-0.2, -0.15) is 5.10 Å². The van der Waals surface area contributed by atoms with Crippen molar-refractivity contribution >= 4 is 35.0 Å². The van der Waals surface area contributed by atoms with E-state index in [-0.39, 0.29) is 23.9 Å². The lowest BCUT2D eigenvalue weighted by molar-refractivity contribution is -0.116. The lowest BCUT2D eigenvalue weighted by atomic mass is 9.92. The predicted octanol–water partition coefficient (Wildman–Crippen LogP) is 6.32. The highest BCUT2D eigenvalue weighted by Gasteiger charge is 2.23. The van der Waals surface area contributed by atoms with Crippen LogP contribution >= 0.6 is 11.6 Å². The number of nitrogens with one attached hydrogen (secondary N) is 2. The molecule has 0 unspecified atom stereocenters. The number of urea groups is 1. The smallest absolute Gasteiger partial charge is 0.315 e. The summed E-state index contributed by atoms with van der Waals surface area (Å²) < 4.78 is 1.76. The molecule has 0 bridgehead atoms. The molecule has 0 atom stereocenters. The summed E-state index contributed by atoms with van der Waals surface area (Å²) >= 11 is 6.19. The molecule has 0 spiro atoms. The first-order valence-corrected chi connectivity index (χ1v) is 12.2. The number of nitrogens with zero attached hydrogens (tertiary/aromatic N) is 3. The molecule has 0 aliphatic heterocycles. The Balaban J connectivity index is 1.80. The van der Waals surface area contributed by atoms with E-state index in [4.69, 9.17) is 16.7 Å². The molecule has 186 valence electrons. The van der Waals surface area contributed by atoms with Crippen molar-refractivity contribution < 1.29 is 9.59 Å². The first-order valence-electron chi connectivity index (χ1n) is 11.8. The van der Waals surface area contributed by atoms with Crippen LogP contribution in [0.1, 0.15) is 50.9 Å². The van der Waals surface area contributed by atoms with E-state index in [2.05, 4.69) is 31.4 Å². The molecule has 3 rings (SSSR count). The molecule has 1 aromatic heterocycles. The van der Waals surface area contributed by atoms with Gasteiger partial charge in [0.25, 0.3) is 0 Å².